The van der Waals surface area contributed by atoms with Crippen LogP contribution in [0.2, 0.25) is 0 Å². The average molecular weight is 252 g/mol. The van der Waals surface area contributed by atoms with Gasteiger partial charge in [0.25, 0.3) is 0 Å². The zero-order valence-electron chi connectivity index (χ0n) is 10.9. The number of hydrogen-bond donors (Lipinski definition) is 1. The molecule has 2 rings (SSSR count). The highest BCUT2D eigenvalue weighted by molar-refractivity contribution is 5.41. The first-order chi connectivity index (χ1) is 8.74. The van der Waals surface area contributed by atoms with Crippen molar-refractivity contribution in [2.45, 2.75) is 18.9 Å². The van der Waals surface area contributed by atoms with E-state index in [1.165, 1.54) is 12.8 Å². The highest BCUT2D eigenvalue weighted by atomic mass is 16.5. The molecule has 100 valence electrons. The number of ether oxygens (including phenoxy) is 3. The van der Waals surface area contributed by atoms with E-state index in [1.54, 1.807) is 20.3 Å². The van der Waals surface area contributed by atoms with Crippen molar-refractivity contribution in [2.75, 3.05) is 27.4 Å². The summed E-state index contributed by atoms with van der Waals surface area (Å²) in [7, 11) is 3.18. The lowest BCUT2D eigenvalue weighted by atomic mass is 10.1. The van der Waals surface area contributed by atoms with Gasteiger partial charge in [-0.1, -0.05) is 0 Å². The van der Waals surface area contributed by atoms with Gasteiger partial charge in [-0.05, 0) is 30.9 Å². The second kappa shape index (κ2) is 6.07. The summed E-state index contributed by atoms with van der Waals surface area (Å²) in [5, 5.41) is 10.1. The summed E-state index contributed by atoms with van der Waals surface area (Å²) >= 11 is 0. The van der Waals surface area contributed by atoms with Crippen LogP contribution in [0.3, 0.4) is 0 Å². The largest absolute Gasteiger partial charge is 0.497 e. The lowest BCUT2D eigenvalue weighted by Crippen LogP contribution is -2.10. The Balaban J connectivity index is 1.96. The molecule has 0 spiro atoms. The van der Waals surface area contributed by atoms with Crippen LogP contribution in [0.4, 0.5) is 0 Å². The topological polar surface area (TPSA) is 47.9 Å². The molecule has 0 amide bonds. The Bertz CT molecular complexity index is 387. The van der Waals surface area contributed by atoms with Crippen LogP contribution in [0.1, 0.15) is 24.5 Å². The third kappa shape index (κ3) is 3.37. The SMILES string of the molecule is COc1ccc(C(O)COCC2CC2)c(OC)c1. The van der Waals surface area contributed by atoms with Crippen molar-refractivity contribution in [1.82, 2.24) is 0 Å². The quantitative estimate of drug-likeness (QED) is 0.808. The van der Waals surface area contributed by atoms with Crippen LogP contribution in [0.25, 0.3) is 0 Å². The molecule has 1 aromatic rings. The van der Waals surface area contributed by atoms with Crippen LogP contribution < -0.4 is 9.47 Å². The van der Waals surface area contributed by atoms with Gasteiger partial charge < -0.3 is 19.3 Å². The number of hydrogen-bond acceptors (Lipinski definition) is 4. The molecule has 1 saturated carbocycles. The second-order valence-electron chi connectivity index (χ2n) is 4.60. The minimum atomic E-state index is -0.662. The maximum absolute atomic E-state index is 10.1. The molecular weight excluding hydrogens is 232 g/mol. The first-order valence-corrected chi connectivity index (χ1v) is 6.22. The van der Waals surface area contributed by atoms with E-state index >= 15 is 0 Å². The summed E-state index contributed by atoms with van der Waals surface area (Å²) in [6, 6.07) is 5.38. The maximum atomic E-state index is 10.1. The standard InChI is InChI=1S/C14H20O4/c1-16-11-5-6-12(14(7-11)17-2)13(15)9-18-8-10-3-4-10/h5-7,10,13,15H,3-4,8-9H2,1-2H3. The minimum Gasteiger partial charge on any atom is -0.497 e. The van der Waals surface area contributed by atoms with Crippen molar-refractivity contribution in [3.63, 3.8) is 0 Å². The summed E-state index contributed by atoms with van der Waals surface area (Å²) in [5.74, 6) is 2.04. The first kappa shape index (κ1) is 13.2. The monoisotopic (exact) mass is 252 g/mol. The minimum absolute atomic E-state index is 0.305. The third-order valence-electron chi connectivity index (χ3n) is 3.13. The number of methoxy groups -OCH3 is 2. The molecule has 1 aliphatic rings. The zero-order valence-corrected chi connectivity index (χ0v) is 10.9. The van der Waals surface area contributed by atoms with Gasteiger partial charge in [0.2, 0.25) is 0 Å². The van der Waals surface area contributed by atoms with Crippen molar-refractivity contribution in [3.8, 4) is 11.5 Å². The van der Waals surface area contributed by atoms with Crippen molar-refractivity contribution < 1.29 is 19.3 Å². The molecule has 1 N–H and O–H groups in total. The Hall–Kier alpha value is -1.26. The Morgan fingerprint density at radius 1 is 1.28 bits per heavy atom. The van der Waals surface area contributed by atoms with Crippen molar-refractivity contribution in [1.29, 1.82) is 0 Å². The van der Waals surface area contributed by atoms with E-state index in [4.69, 9.17) is 14.2 Å². The van der Waals surface area contributed by atoms with Gasteiger partial charge in [-0.15, -0.1) is 0 Å². The van der Waals surface area contributed by atoms with Crippen LogP contribution in [0.5, 0.6) is 11.5 Å². The molecule has 1 aliphatic carbocycles. The van der Waals surface area contributed by atoms with Gasteiger partial charge in [0.1, 0.15) is 17.6 Å². The van der Waals surface area contributed by atoms with Gasteiger partial charge in [0.15, 0.2) is 0 Å². The number of aliphatic hydroxyl groups is 1. The van der Waals surface area contributed by atoms with Crippen LogP contribution in [-0.2, 0) is 4.74 Å². The van der Waals surface area contributed by atoms with Gasteiger partial charge in [-0.3, -0.25) is 0 Å². The average Bonchev–Trinajstić information content (AvgIpc) is 3.21. The van der Waals surface area contributed by atoms with Crippen LogP contribution in [0.15, 0.2) is 18.2 Å². The van der Waals surface area contributed by atoms with Gasteiger partial charge >= 0.3 is 0 Å². The molecule has 0 radical (unpaired) electrons. The summed E-state index contributed by atoms with van der Waals surface area (Å²) < 4.78 is 15.9. The van der Waals surface area contributed by atoms with E-state index < -0.39 is 6.10 Å². The lowest BCUT2D eigenvalue weighted by molar-refractivity contribution is 0.0303. The molecule has 1 unspecified atom stereocenters. The fourth-order valence-electron chi connectivity index (χ4n) is 1.81. The van der Waals surface area contributed by atoms with E-state index in [1.807, 2.05) is 12.1 Å². The molecule has 0 saturated heterocycles. The van der Waals surface area contributed by atoms with E-state index in [0.717, 1.165) is 12.2 Å². The lowest BCUT2D eigenvalue weighted by Gasteiger charge is -2.15. The molecule has 4 heteroatoms. The van der Waals surface area contributed by atoms with Gasteiger partial charge in [0, 0.05) is 18.2 Å². The third-order valence-corrected chi connectivity index (χ3v) is 3.13. The Kier molecular flexibility index (Phi) is 4.44. The molecule has 1 fully saturated rings. The zero-order chi connectivity index (χ0) is 13.0. The highest BCUT2D eigenvalue weighted by Crippen LogP contribution is 2.31. The van der Waals surface area contributed by atoms with E-state index in [-0.39, 0.29) is 0 Å². The first-order valence-electron chi connectivity index (χ1n) is 6.22. The molecule has 1 atom stereocenters. The summed E-state index contributed by atoms with van der Waals surface area (Å²) in [6.07, 6.45) is 1.84. The van der Waals surface area contributed by atoms with Gasteiger partial charge in [0.05, 0.1) is 20.8 Å². The van der Waals surface area contributed by atoms with Crippen molar-refractivity contribution in [3.05, 3.63) is 23.8 Å². The van der Waals surface area contributed by atoms with Crippen molar-refractivity contribution >= 4 is 0 Å². The predicted molar refractivity (Wildman–Crippen MR) is 68.0 cm³/mol. The Morgan fingerprint density at radius 2 is 2.06 bits per heavy atom. The van der Waals surface area contributed by atoms with E-state index in [9.17, 15) is 5.11 Å². The predicted octanol–water partition coefficient (Wildman–Crippen LogP) is 2.16. The number of benzene rings is 1. The second-order valence-corrected chi connectivity index (χ2v) is 4.60. The normalized spacial score (nSPS) is 16.4. The summed E-state index contributed by atoms with van der Waals surface area (Å²) in [5.41, 5.74) is 0.731. The Morgan fingerprint density at radius 3 is 2.67 bits per heavy atom. The van der Waals surface area contributed by atoms with Gasteiger partial charge in [-0.25, -0.2) is 0 Å². The highest BCUT2D eigenvalue weighted by Gasteiger charge is 2.22. The van der Waals surface area contributed by atoms with Crippen LogP contribution in [0, 0.1) is 5.92 Å². The van der Waals surface area contributed by atoms with E-state index in [0.29, 0.717) is 24.0 Å². The van der Waals surface area contributed by atoms with Crippen LogP contribution in [-0.4, -0.2) is 32.5 Å². The smallest absolute Gasteiger partial charge is 0.128 e. The summed E-state index contributed by atoms with van der Waals surface area (Å²) in [6.45, 7) is 1.05. The molecular formula is C14H20O4. The molecule has 0 heterocycles. The number of rotatable bonds is 7. The fourth-order valence-corrected chi connectivity index (χ4v) is 1.81. The summed E-state index contributed by atoms with van der Waals surface area (Å²) in [4.78, 5) is 0. The van der Waals surface area contributed by atoms with Gasteiger partial charge in [-0.2, -0.15) is 0 Å². The molecule has 18 heavy (non-hydrogen) atoms. The van der Waals surface area contributed by atoms with Crippen LogP contribution >= 0.6 is 0 Å². The van der Waals surface area contributed by atoms with E-state index in [2.05, 4.69) is 0 Å². The molecule has 0 aromatic heterocycles. The fraction of sp³-hybridized carbons (Fsp3) is 0.571. The maximum Gasteiger partial charge on any atom is 0.128 e. The number of aliphatic hydroxyl groups excluding tert-OH is 1. The molecule has 0 aliphatic heterocycles. The molecule has 0 bridgehead atoms. The Labute approximate surface area is 107 Å². The molecule has 1 aromatic carbocycles. The molecule has 4 nitrogen and oxygen atoms in total. The van der Waals surface area contributed by atoms with Crippen molar-refractivity contribution in [2.24, 2.45) is 5.92 Å².